The fraction of sp³-hybridized carbons (Fsp3) is 0.588. The fourth-order valence-corrected chi connectivity index (χ4v) is 2.05. The van der Waals surface area contributed by atoms with Crippen molar-refractivity contribution in [2.45, 2.75) is 45.2 Å². The van der Waals surface area contributed by atoms with Gasteiger partial charge in [-0.3, -0.25) is 4.79 Å². The van der Waals surface area contributed by atoms with E-state index in [-0.39, 0.29) is 5.91 Å². The predicted octanol–water partition coefficient (Wildman–Crippen LogP) is 1.79. The van der Waals surface area contributed by atoms with Crippen molar-refractivity contribution in [3.05, 3.63) is 35.9 Å². The SMILES string of the molecule is CC(C)N(C)CCCCNC(=O)C(N)Cc1ccccc1. The maximum Gasteiger partial charge on any atom is 0.237 e. The van der Waals surface area contributed by atoms with Crippen LogP contribution in [-0.2, 0) is 11.2 Å². The molecule has 0 bridgehead atoms. The van der Waals surface area contributed by atoms with Crippen molar-refractivity contribution >= 4 is 5.91 Å². The molecule has 4 nitrogen and oxygen atoms in total. The Labute approximate surface area is 128 Å². The molecular formula is C17H29N3O. The Morgan fingerprint density at radius 1 is 1.24 bits per heavy atom. The van der Waals surface area contributed by atoms with Crippen molar-refractivity contribution in [3.8, 4) is 0 Å². The van der Waals surface area contributed by atoms with Gasteiger partial charge < -0.3 is 16.0 Å². The van der Waals surface area contributed by atoms with E-state index in [1.54, 1.807) is 0 Å². The maximum atomic E-state index is 11.9. The highest BCUT2D eigenvalue weighted by molar-refractivity contribution is 5.81. The number of rotatable bonds is 9. The van der Waals surface area contributed by atoms with Crippen LogP contribution in [0.1, 0.15) is 32.3 Å². The molecule has 0 radical (unpaired) electrons. The molecule has 1 aromatic rings. The molecule has 0 saturated carbocycles. The number of nitrogens with one attached hydrogen (secondary N) is 1. The van der Waals surface area contributed by atoms with Gasteiger partial charge in [-0.2, -0.15) is 0 Å². The van der Waals surface area contributed by atoms with Gasteiger partial charge in [-0.1, -0.05) is 30.3 Å². The Bertz CT molecular complexity index is 406. The first-order valence-electron chi connectivity index (χ1n) is 7.78. The molecule has 0 aliphatic rings. The van der Waals surface area contributed by atoms with Gasteiger partial charge >= 0.3 is 0 Å². The lowest BCUT2D eigenvalue weighted by Crippen LogP contribution is -2.42. The summed E-state index contributed by atoms with van der Waals surface area (Å²) in [5, 5.41) is 2.92. The van der Waals surface area contributed by atoms with Crippen molar-refractivity contribution < 1.29 is 4.79 Å². The van der Waals surface area contributed by atoms with Crippen molar-refractivity contribution in [3.63, 3.8) is 0 Å². The first-order chi connectivity index (χ1) is 10.0. The van der Waals surface area contributed by atoms with Crippen LogP contribution in [0.2, 0.25) is 0 Å². The normalized spacial score (nSPS) is 12.7. The number of hydrogen-bond donors (Lipinski definition) is 2. The zero-order valence-corrected chi connectivity index (χ0v) is 13.5. The minimum atomic E-state index is -0.467. The Hall–Kier alpha value is -1.39. The topological polar surface area (TPSA) is 58.4 Å². The van der Waals surface area contributed by atoms with Crippen LogP contribution in [0.4, 0.5) is 0 Å². The summed E-state index contributed by atoms with van der Waals surface area (Å²) in [5.41, 5.74) is 7.03. The Kier molecular flexibility index (Phi) is 8.01. The molecule has 1 atom stereocenters. The number of nitrogens with two attached hydrogens (primary N) is 1. The molecule has 0 fully saturated rings. The van der Waals surface area contributed by atoms with E-state index in [1.165, 1.54) is 0 Å². The standard InChI is InChI=1S/C17H29N3O/c1-14(2)20(3)12-8-7-11-19-17(21)16(18)13-15-9-5-4-6-10-15/h4-6,9-10,14,16H,7-8,11-13,18H2,1-3H3,(H,19,21). The molecule has 0 spiro atoms. The third kappa shape index (κ3) is 7.25. The molecule has 0 saturated heterocycles. The summed E-state index contributed by atoms with van der Waals surface area (Å²) in [4.78, 5) is 14.2. The van der Waals surface area contributed by atoms with Gasteiger partial charge in [0.2, 0.25) is 5.91 Å². The molecule has 21 heavy (non-hydrogen) atoms. The van der Waals surface area contributed by atoms with Crippen molar-refractivity contribution in [2.24, 2.45) is 5.73 Å². The second kappa shape index (κ2) is 9.53. The molecule has 4 heteroatoms. The number of carbonyl (C=O) groups excluding carboxylic acids is 1. The Balaban J connectivity index is 2.16. The molecule has 1 aromatic carbocycles. The van der Waals surface area contributed by atoms with E-state index in [1.807, 2.05) is 30.3 Å². The van der Waals surface area contributed by atoms with Crippen LogP contribution in [0.25, 0.3) is 0 Å². The second-order valence-electron chi connectivity index (χ2n) is 5.87. The van der Waals surface area contributed by atoms with Crippen LogP contribution in [-0.4, -0.2) is 43.0 Å². The van der Waals surface area contributed by atoms with Gasteiger partial charge in [0, 0.05) is 12.6 Å². The minimum Gasteiger partial charge on any atom is -0.355 e. The lowest BCUT2D eigenvalue weighted by Gasteiger charge is -2.20. The predicted molar refractivity (Wildman–Crippen MR) is 88.1 cm³/mol. The molecule has 0 aromatic heterocycles. The highest BCUT2D eigenvalue weighted by Crippen LogP contribution is 2.02. The van der Waals surface area contributed by atoms with Crippen LogP contribution in [0.15, 0.2) is 30.3 Å². The lowest BCUT2D eigenvalue weighted by atomic mass is 10.1. The van der Waals surface area contributed by atoms with Gasteiger partial charge in [0.05, 0.1) is 6.04 Å². The summed E-state index contributed by atoms with van der Waals surface area (Å²) in [6.07, 6.45) is 2.66. The molecule has 0 aliphatic carbocycles. The van der Waals surface area contributed by atoms with E-state index in [4.69, 9.17) is 5.73 Å². The third-order valence-corrected chi connectivity index (χ3v) is 3.75. The van der Waals surface area contributed by atoms with Gasteiger partial charge in [-0.05, 0) is 52.3 Å². The first-order valence-corrected chi connectivity index (χ1v) is 7.78. The zero-order chi connectivity index (χ0) is 15.7. The molecule has 3 N–H and O–H groups in total. The van der Waals surface area contributed by atoms with Crippen LogP contribution >= 0.6 is 0 Å². The van der Waals surface area contributed by atoms with E-state index >= 15 is 0 Å². The number of unbranched alkanes of at least 4 members (excludes halogenated alkanes) is 1. The summed E-state index contributed by atoms with van der Waals surface area (Å²) in [6.45, 7) is 6.13. The van der Waals surface area contributed by atoms with Crippen molar-refractivity contribution in [1.29, 1.82) is 0 Å². The van der Waals surface area contributed by atoms with Crippen LogP contribution in [0.3, 0.4) is 0 Å². The van der Waals surface area contributed by atoms with Crippen LogP contribution in [0.5, 0.6) is 0 Å². The third-order valence-electron chi connectivity index (χ3n) is 3.75. The summed E-state index contributed by atoms with van der Waals surface area (Å²) >= 11 is 0. The smallest absolute Gasteiger partial charge is 0.237 e. The van der Waals surface area contributed by atoms with Gasteiger partial charge in [0.1, 0.15) is 0 Å². The summed E-state index contributed by atoms with van der Waals surface area (Å²) in [5.74, 6) is -0.0592. The summed E-state index contributed by atoms with van der Waals surface area (Å²) in [7, 11) is 2.12. The quantitative estimate of drug-likeness (QED) is 0.682. The summed E-state index contributed by atoms with van der Waals surface area (Å²) in [6, 6.07) is 9.98. The maximum absolute atomic E-state index is 11.9. The van der Waals surface area contributed by atoms with E-state index in [2.05, 4.69) is 31.1 Å². The Morgan fingerprint density at radius 3 is 2.52 bits per heavy atom. The molecule has 1 rings (SSSR count). The Morgan fingerprint density at radius 2 is 1.90 bits per heavy atom. The van der Waals surface area contributed by atoms with E-state index in [0.717, 1.165) is 24.9 Å². The fourth-order valence-electron chi connectivity index (χ4n) is 2.05. The van der Waals surface area contributed by atoms with Gasteiger partial charge in [0.15, 0.2) is 0 Å². The monoisotopic (exact) mass is 291 g/mol. The second-order valence-corrected chi connectivity index (χ2v) is 5.87. The van der Waals surface area contributed by atoms with E-state index in [9.17, 15) is 4.79 Å². The van der Waals surface area contributed by atoms with Gasteiger partial charge in [0.25, 0.3) is 0 Å². The van der Waals surface area contributed by atoms with Crippen LogP contribution < -0.4 is 11.1 Å². The zero-order valence-electron chi connectivity index (χ0n) is 13.5. The van der Waals surface area contributed by atoms with E-state index in [0.29, 0.717) is 19.0 Å². The first kappa shape index (κ1) is 17.7. The lowest BCUT2D eigenvalue weighted by molar-refractivity contribution is -0.122. The van der Waals surface area contributed by atoms with Crippen LogP contribution in [0, 0.1) is 0 Å². The molecule has 1 amide bonds. The number of amides is 1. The van der Waals surface area contributed by atoms with E-state index < -0.39 is 6.04 Å². The number of nitrogens with zero attached hydrogens (tertiary/aromatic N) is 1. The largest absolute Gasteiger partial charge is 0.355 e. The molecule has 1 unspecified atom stereocenters. The molecule has 0 aliphatic heterocycles. The number of hydrogen-bond acceptors (Lipinski definition) is 3. The highest BCUT2D eigenvalue weighted by atomic mass is 16.2. The number of carbonyl (C=O) groups is 1. The highest BCUT2D eigenvalue weighted by Gasteiger charge is 2.13. The van der Waals surface area contributed by atoms with Crippen molar-refractivity contribution in [2.75, 3.05) is 20.1 Å². The average Bonchev–Trinajstić information content (AvgIpc) is 2.47. The molecule has 118 valence electrons. The molecule has 0 heterocycles. The van der Waals surface area contributed by atoms with Crippen molar-refractivity contribution in [1.82, 2.24) is 10.2 Å². The summed E-state index contributed by atoms with van der Waals surface area (Å²) < 4.78 is 0. The average molecular weight is 291 g/mol. The minimum absolute atomic E-state index is 0.0592. The molecular weight excluding hydrogens is 262 g/mol. The number of benzene rings is 1. The van der Waals surface area contributed by atoms with Gasteiger partial charge in [-0.25, -0.2) is 0 Å². The van der Waals surface area contributed by atoms with Gasteiger partial charge in [-0.15, -0.1) is 0 Å².